The molecule has 0 amide bonds. The molecule has 5 heteroatoms. The number of hydrogen-bond acceptors (Lipinski definition) is 5. The lowest BCUT2D eigenvalue weighted by atomic mass is 9.43. The van der Waals surface area contributed by atoms with Crippen LogP contribution in [0.3, 0.4) is 0 Å². The van der Waals surface area contributed by atoms with Crippen molar-refractivity contribution in [2.24, 2.45) is 46.3 Å². The molecule has 0 aliphatic heterocycles. The summed E-state index contributed by atoms with van der Waals surface area (Å²) in [5.74, 6) is 0.635. The van der Waals surface area contributed by atoms with Gasteiger partial charge in [0, 0.05) is 5.97 Å². The molecule has 4 aliphatic rings. The minimum Gasteiger partial charge on any atom is -0.550 e. The van der Waals surface area contributed by atoms with Crippen molar-refractivity contribution in [3.63, 3.8) is 0 Å². The van der Waals surface area contributed by atoms with Gasteiger partial charge >= 0.3 is 0 Å². The summed E-state index contributed by atoms with van der Waals surface area (Å²) in [6, 6.07) is 0. The second kappa shape index (κ2) is 7.49. The minimum absolute atomic E-state index is 0.0747. The third-order valence-electron chi connectivity index (χ3n) is 10.3. The van der Waals surface area contributed by atoms with Gasteiger partial charge in [0.25, 0.3) is 0 Å². The first kappa shape index (κ1) is 21.6. The maximum Gasteiger partial charge on any atom is 0.0602 e. The predicted octanol–water partition coefficient (Wildman–Crippen LogP) is 2.11. The Balaban J connectivity index is 1.61. The van der Waals surface area contributed by atoms with E-state index in [1.165, 1.54) is 0 Å². The van der Waals surface area contributed by atoms with Crippen LogP contribution in [0.1, 0.15) is 78.6 Å². The van der Waals surface area contributed by atoms with E-state index in [0.717, 1.165) is 44.9 Å². The average molecular weight is 408 g/mol. The number of aliphatic carboxylic acids is 1. The molecule has 0 spiro atoms. The van der Waals surface area contributed by atoms with Crippen molar-refractivity contribution >= 4 is 5.97 Å². The molecule has 166 valence electrons. The van der Waals surface area contributed by atoms with E-state index in [4.69, 9.17) is 0 Å². The lowest BCUT2D eigenvalue weighted by Gasteiger charge is -2.63. The molecule has 4 fully saturated rings. The van der Waals surface area contributed by atoms with Crippen LogP contribution in [0.2, 0.25) is 0 Å². The Hall–Kier alpha value is -0.650. The third-order valence-corrected chi connectivity index (χ3v) is 10.3. The third kappa shape index (κ3) is 3.27. The fourth-order valence-corrected chi connectivity index (χ4v) is 8.68. The van der Waals surface area contributed by atoms with Gasteiger partial charge in [0.05, 0.1) is 18.3 Å². The molecule has 0 aromatic rings. The molecule has 4 saturated carbocycles. The second-order valence-corrected chi connectivity index (χ2v) is 11.4. The molecule has 4 aliphatic carbocycles. The summed E-state index contributed by atoms with van der Waals surface area (Å²) in [6.45, 7) is 6.67. The highest BCUT2D eigenvalue weighted by Gasteiger charge is 2.65. The summed E-state index contributed by atoms with van der Waals surface area (Å²) in [7, 11) is 0. The second-order valence-electron chi connectivity index (χ2n) is 11.4. The van der Waals surface area contributed by atoms with Crippen molar-refractivity contribution < 1.29 is 25.2 Å². The largest absolute Gasteiger partial charge is 0.550 e. The van der Waals surface area contributed by atoms with Gasteiger partial charge < -0.3 is 25.2 Å². The summed E-state index contributed by atoms with van der Waals surface area (Å²) in [5, 5.41) is 43.9. The molecule has 0 aromatic carbocycles. The van der Waals surface area contributed by atoms with Crippen LogP contribution in [0, 0.1) is 46.3 Å². The minimum atomic E-state index is -0.998. The molecule has 3 N–H and O–H groups in total. The summed E-state index contributed by atoms with van der Waals surface area (Å²) in [5.41, 5.74) is -0.172. The van der Waals surface area contributed by atoms with Gasteiger partial charge in [0.15, 0.2) is 0 Å². The molecule has 29 heavy (non-hydrogen) atoms. The number of hydrogen-bond donors (Lipinski definition) is 3. The van der Waals surface area contributed by atoms with E-state index in [2.05, 4.69) is 20.8 Å². The highest BCUT2D eigenvalue weighted by Crippen LogP contribution is 2.68. The van der Waals surface area contributed by atoms with Gasteiger partial charge in [-0.2, -0.15) is 0 Å². The van der Waals surface area contributed by atoms with Gasteiger partial charge in [0.1, 0.15) is 0 Å². The van der Waals surface area contributed by atoms with Crippen LogP contribution >= 0.6 is 0 Å². The average Bonchev–Trinajstić information content (AvgIpc) is 3.01. The zero-order valence-electron chi connectivity index (χ0n) is 18.2. The molecule has 0 bridgehead atoms. The Labute approximate surface area is 174 Å². The van der Waals surface area contributed by atoms with Crippen LogP contribution in [0.4, 0.5) is 0 Å². The van der Waals surface area contributed by atoms with Crippen LogP contribution < -0.4 is 5.11 Å². The maximum absolute atomic E-state index is 11.5. The van der Waals surface area contributed by atoms with Crippen molar-refractivity contribution in [3.05, 3.63) is 0 Å². The monoisotopic (exact) mass is 407 g/mol. The van der Waals surface area contributed by atoms with Crippen molar-refractivity contribution in [2.75, 3.05) is 0 Å². The number of rotatable bonds is 4. The fourth-order valence-electron chi connectivity index (χ4n) is 8.68. The lowest BCUT2D eigenvalue weighted by molar-refractivity contribution is -0.306. The van der Waals surface area contributed by atoms with Gasteiger partial charge in [-0.1, -0.05) is 20.8 Å². The Morgan fingerprint density at radius 1 is 1.07 bits per heavy atom. The van der Waals surface area contributed by atoms with E-state index < -0.39 is 12.1 Å². The normalized spacial score (nSPS) is 52.9. The number of carbonyl (C=O) groups is 1. The molecule has 4 rings (SSSR count). The van der Waals surface area contributed by atoms with Gasteiger partial charge in [-0.05, 0) is 104 Å². The molecule has 11 atom stereocenters. The summed E-state index contributed by atoms with van der Waals surface area (Å²) >= 11 is 0. The Morgan fingerprint density at radius 3 is 2.48 bits per heavy atom. The van der Waals surface area contributed by atoms with Crippen molar-refractivity contribution in [3.8, 4) is 0 Å². The van der Waals surface area contributed by atoms with E-state index in [-0.39, 0.29) is 53.1 Å². The van der Waals surface area contributed by atoms with E-state index in [0.29, 0.717) is 18.3 Å². The number of fused-ring (bicyclic) bond motifs is 5. The first-order valence-electron chi connectivity index (χ1n) is 11.8. The highest BCUT2D eigenvalue weighted by molar-refractivity contribution is 5.64. The molecule has 0 saturated heterocycles. The van der Waals surface area contributed by atoms with E-state index in [1.54, 1.807) is 0 Å². The quantitative estimate of drug-likeness (QED) is 0.663. The lowest BCUT2D eigenvalue weighted by Crippen LogP contribution is -2.62. The van der Waals surface area contributed by atoms with E-state index in [9.17, 15) is 25.2 Å². The van der Waals surface area contributed by atoms with Crippen LogP contribution in [-0.2, 0) is 4.79 Å². The molecule has 0 radical (unpaired) electrons. The molecule has 0 aromatic heterocycles. The van der Waals surface area contributed by atoms with Crippen LogP contribution in [0.5, 0.6) is 0 Å². The standard InChI is InChI=1S/C24H40O5/c1-13(4-7-21(28)29)16-5-6-17-22-18(12-20(27)24(16,17)3)23(2)9-8-15(25)10-14(23)11-19(22)26/h13-20,22,25-27H,4-12H2,1-3H3,(H,28,29)/p-1/t13-,14?,15-,16?,17?,18?,19-,20+,22?,23+,24-/m1/s1. The van der Waals surface area contributed by atoms with Crippen molar-refractivity contribution in [1.82, 2.24) is 0 Å². The van der Waals surface area contributed by atoms with Gasteiger partial charge in [-0.15, -0.1) is 0 Å². The maximum atomic E-state index is 11.5. The summed E-state index contributed by atoms with van der Waals surface area (Å²) in [6.07, 6.45) is 5.72. The Kier molecular flexibility index (Phi) is 5.57. The summed E-state index contributed by atoms with van der Waals surface area (Å²) in [4.78, 5) is 11.0. The van der Waals surface area contributed by atoms with Crippen molar-refractivity contribution in [2.45, 2.75) is 96.9 Å². The first-order chi connectivity index (χ1) is 13.6. The zero-order valence-corrected chi connectivity index (χ0v) is 18.2. The molecule has 5 nitrogen and oxygen atoms in total. The zero-order chi connectivity index (χ0) is 21.1. The highest BCUT2D eigenvalue weighted by atomic mass is 16.4. The Morgan fingerprint density at radius 2 is 1.79 bits per heavy atom. The smallest absolute Gasteiger partial charge is 0.0602 e. The van der Waals surface area contributed by atoms with Crippen LogP contribution in [0.15, 0.2) is 0 Å². The Bertz CT molecular complexity index is 637. The molecule has 5 unspecified atom stereocenters. The molecular formula is C24H39O5-. The number of aliphatic hydroxyl groups excluding tert-OH is 3. The van der Waals surface area contributed by atoms with Crippen molar-refractivity contribution in [1.29, 1.82) is 0 Å². The molecular weight excluding hydrogens is 368 g/mol. The fraction of sp³-hybridized carbons (Fsp3) is 0.958. The number of carboxylic acid groups (broad SMARTS) is 1. The topological polar surface area (TPSA) is 101 Å². The van der Waals surface area contributed by atoms with Gasteiger partial charge in [0.2, 0.25) is 0 Å². The van der Waals surface area contributed by atoms with E-state index in [1.807, 2.05) is 0 Å². The predicted molar refractivity (Wildman–Crippen MR) is 107 cm³/mol. The van der Waals surface area contributed by atoms with Gasteiger partial charge in [-0.3, -0.25) is 0 Å². The SMILES string of the molecule is C[C@H](CCC(=O)[O-])C1CCC2C3C(C[C@H](O)[C@@]21C)[C@@]1(C)CC[C@@H](O)CC1C[C@H]3O. The number of carboxylic acids is 1. The number of carbonyl (C=O) groups excluding carboxylic acids is 1. The summed E-state index contributed by atoms with van der Waals surface area (Å²) < 4.78 is 0. The molecule has 0 heterocycles. The number of aliphatic hydroxyl groups is 3. The van der Waals surface area contributed by atoms with Gasteiger partial charge in [-0.25, -0.2) is 0 Å². The first-order valence-corrected chi connectivity index (χ1v) is 11.8. The van der Waals surface area contributed by atoms with Crippen LogP contribution in [0.25, 0.3) is 0 Å². The van der Waals surface area contributed by atoms with Crippen LogP contribution in [-0.4, -0.2) is 39.6 Å². The van der Waals surface area contributed by atoms with E-state index >= 15 is 0 Å².